The van der Waals surface area contributed by atoms with E-state index in [-0.39, 0.29) is 26.9 Å². The lowest BCUT2D eigenvalue weighted by Crippen LogP contribution is -2.30. The van der Waals surface area contributed by atoms with Crippen molar-refractivity contribution in [3.8, 4) is 22.6 Å². The number of aliphatic hydroxyl groups excluding tert-OH is 1. The van der Waals surface area contributed by atoms with Crippen molar-refractivity contribution in [2.24, 2.45) is 0 Å². The topological polar surface area (TPSA) is 105 Å². The number of anilines is 1. The van der Waals surface area contributed by atoms with Gasteiger partial charge in [-0.15, -0.1) is 8.78 Å². The number of benzene rings is 3. The number of halogens is 3. The molecular weight excluding hydrogens is 587 g/mol. The van der Waals surface area contributed by atoms with E-state index in [0.717, 1.165) is 11.1 Å². The Labute approximate surface area is 218 Å². The van der Waals surface area contributed by atoms with Crippen LogP contribution in [-0.4, -0.2) is 32.3 Å². The number of nitrogens with one attached hydrogen (secondary N) is 1. The maximum atomic E-state index is 13.5. The SMILES string of the molecule is Cc1ccc(NC(=O)C2(c3ccc4c(c3)OC(F)(F)O4)CC2I)cc1-c1ccc(CO)c(C(=O)O)c1. The van der Waals surface area contributed by atoms with E-state index in [1.54, 1.807) is 30.3 Å². The summed E-state index contributed by atoms with van der Waals surface area (Å²) < 4.78 is 35.9. The molecule has 0 saturated heterocycles. The molecule has 2 atom stereocenters. The fourth-order valence-corrected chi connectivity index (χ4v) is 5.79. The van der Waals surface area contributed by atoms with Crippen LogP contribution < -0.4 is 14.8 Å². The molecule has 0 radical (unpaired) electrons. The van der Waals surface area contributed by atoms with Crippen LogP contribution in [0.5, 0.6) is 11.5 Å². The van der Waals surface area contributed by atoms with Crippen molar-refractivity contribution in [2.45, 2.75) is 35.6 Å². The van der Waals surface area contributed by atoms with Crippen molar-refractivity contribution in [1.29, 1.82) is 0 Å². The molecule has 5 rings (SSSR count). The number of carbonyl (C=O) groups excluding carboxylic acids is 1. The first-order valence-electron chi connectivity index (χ1n) is 11.0. The molecule has 7 nitrogen and oxygen atoms in total. The fourth-order valence-electron chi connectivity index (χ4n) is 4.45. The van der Waals surface area contributed by atoms with E-state index in [1.165, 1.54) is 18.2 Å². The standard InChI is InChI=1S/C26H20F2INO6/c1-13-2-6-17(10-18(13)14-3-4-15(12-31)19(8-14)23(32)33)30-24(34)25(11-22(25)29)16-5-7-20-21(9-16)36-26(27,28)35-20/h2-10,22,31H,11-12H2,1H3,(H,30,34)(H,32,33). The molecule has 186 valence electrons. The van der Waals surface area contributed by atoms with Crippen LogP contribution in [0, 0.1) is 6.92 Å². The monoisotopic (exact) mass is 607 g/mol. The van der Waals surface area contributed by atoms with Gasteiger partial charge in [0.1, 0.15) is 0 Å². The number of amides is 1. The summed E-state index contributed by atoms with van der Waals surface area (Å²) >= 11 is 2.17. The first-order chi connectivity index (χ1) is 17.0. The predicted octanol–water partition coefficient (Wildman–Crippen LogP) is 5.26. The van der Waals surface area contributed by atoms with Gasteiger partial charge in [0, 0.05) is 9.61 Å². The molecule has 0 bridgehead atoms. The van der Waals surface area contributed by atoms with Gasteiger partial charge < -0.3 is 25.0 Å². The Morgan fingerprint density at radius 1 is 1.08 bits per heavy atom. The molecule has 1 aliphatic carbocycles. The van der Waals surface area contributed by atoms with Crippen LogP contribution in [0.4, 0.5) is 14.5 Å². The molecule has 2 unspecified atom stereocenters. The van der Waals surface area contributed by atoms with E-state index >= 15 is 0 Å². The van der Waals surface area contributed by atoms with E-state index in [9.17, 15) is 28.6 Å². The second kappa shape index (κ2) is 8.70. The molecule has 1 amide bonds. The molecule has 1 fully saturated rings. The van der Waals surface area contributed by atoms with Gasteiger partial charge in [0.2, 0.25) is 5.91 Å². The van der Waals surface area contributed by atoms with Crippen LogP contribution in [0.1, 0.15) is 33.5 Å². The van der Waals surface area contributed by atoms with Crippen molar-refractivity contribution in [2.75, 3.05) is 5.32 Å². The lowest BCUT2D eigenvalue weighted by molar-refractivity contribution is -0.286. The van der Waals surface area contributed by atoms with E-state index in [1.807, 2.05) is 13.0 Å². The molecule has 3 aromatic rings. The summed E-state index contributed by atoms with van der Waals surface area (Å²) in [5, 5.41) is 21.9. The van der Waals surface area contributed by atoms with Crippen LogP contribution in [0.2, 0.25) is 0 Å². The highest BCUT2D eigenvalue weighted by Gasteiger charge is 2.60. The van der Waals surface area contributed by atoms with E-state index < -0.39 is 24.3 Å². The van der Waals surface area contributed by atoms with Gasteiger partial charge in [0.05, 0.1) is 17.6 Å². The number of aromatic carboxylic acids is 1. The van der Waals surface area contributed by atoms with Crippen LogP contribution in [-0.2, 0) is 16.8 Å². The first-order valence-corrected chi connectivity index (χ1v) is 12.2. The average Bonchev–Trinajstić information content (AvgIpc) is 3.42. The number of ether oxygens (including phenoxy) is 2. The lowest BCUT2D eigenvalue weighted by Gasteiger charge is -2.18. The van der Waals surface area contributed by atoms with E-state index in [0.29, 0.717) is 28.8 Å². The van der Waals surface area contributed by atoms with Crippen LogP contribution in [0.3, 0.4) is 0 Å². The number of hydrogen-bond acceptors (Lipinski definition) is 5. The normalized spacial score (nSPS) is 21.2. The van der Waals surface area contributed by atoms with Crippen molar-refractivity contribution in [3.63, 3.8) is 0 Å². The molecule has 10 heteroatoms. The third-order valence-electron chi connectivity index (χ3n) is 6.51. The number of aliphatic hydroxyl groups is 1. The van der Waals surface area contributed by atoms with Gasteiger partial charge in [-0.1, -0.05) is 46.9 Å². The molecule has 3 N–H and O–H groups in total. The number of aryl methyl sites for hydroxylation is 1. The van der Waals surface area contributed by atoms with Crippen molar-refractivity contribution < 1.29 is 38.1 Å². The highest BCUT2D eigenvalue weighted by Crippen LogP contribution is 2.56. The second-order valence-corrected chi connectivity index (χ2v) is 10.3. The van der Waals surface area contributed by atoms with Crippen molar-refractivity contribution in [1.82, 2.24) is 0 Å². The molecule has 36 heavy (non-hydrogen) atoms. The van der Waals surface area contributed by atoms with Crippen LogP contribution in [0.15, 0.2) is 54.6 Å². The number of carboxylic acid groups (broad SMARTS) is 1. The zero-order valence-electron chi connectivity index (χ0n) is 18.8. The first kappa shape index (κ1) is 24.4. The Hall–Kier alpha value is -3.25. The zero-order chi connectivity index (χ0) is 25.8. The largest absolute Gasteiger partial charge is 0.586 e. The number of rotatable bonds is 6. The number of fused-ring (bicyclic) bond motifs is 1. The molecule has 1 aliphatic heterocycles. The lowest BCUT2D eigenvalue weighted by atomic mass is 9.93. The number of carboxylic acids is 1. The quantitative estimate of drug-likeness (QED) is 0.261. The van der Waals surface area contributed by atoms with Gasteiger partial charge in [-0.25, -0.2) is 4.79 Å². The summed E-state index contributed by atoms with van der Waals surface area (Å²) in [6.07, 6.45) is -3.21. The Morgan fingerprint density at radius 3 is 2.47 bits per heavy atom. The number of carbonyl (C=O) groups is 2. The maximum absolute atomic E-state index is 13.5. The third-order valence-corrected chi connectivity index (χ3v) is 8.02. The molecule has 0 aromatic heterocycles. The summed E-state index contributed by atoms with van der Waals surface area (Å²) in [6.45, 7) is 1.47. The number of alkyl halides is 3. The summed E-state index contributed by atoms with van der Waals surface area (Å²) in [5.41, 5.74) is 2.67. The molecule has 0 spiro atoms. The van der Waals surface area contributed by atoms with Crippen LogP contribution >= 0.6 is 22.6 Å². The molecule has 3 aromatic carbocycles. The van der Waals surface area contributed by atoms with Crippen molar-refractivity contribution >= 4 is 40.2 Å². The van der Waals surface area contributed by atoms with Gasteiger partial charge in [-0.3, -0.25) is 4.79 Å². The second-order valence-electron chi connectivity index (χ2n) is 8.79. The minimum absolute atomic E-state index is 0.00177. The smallest absolute Gasteiger partial charge is 0.478 e. The Bertz CT molecular complexity index is 1410. The minimum Gasteiger partial charge on any atom is -0.478 e. The van der Waals surface area contributed by atoms with Crippen LogP contribution in [0.25, 0.3) is 11.1 Å². The predicted molar refractivity (Wildman–Crippen MR) is 135 cm³/mol. The van der Waals surface area contributed by atoms with Gasteiger partial charge >= 0.3 is 12.3 Å². The van der Waals surface area contributed by atoms with E-state index in [2.05, 4.69) is 37.4 Å². The minimum atomic E-state index is -3.74. The maximum Gasteiger partial charge on any atom is 0.586 e. The Kier molecular flexibility index (Phi) is 5.91. The van der Waals surface area contributed by atoms with Gasteiger partial charge in [0.25, 0.3) is 0 Å². The third kappa shape index (κ3) is 4.17. The summed E-state index contributed by atoms with van der Waals surface area (Å²) in [6, 6.07) is 14.5. The average molecular weight is 607 g/mol. The molecule has 2 aliphatic rings. The molecule has 1 saturated carbocycles. The fraction of sp³-hybridized carbons (Fsp3) is 0.231. The van der Waals surface area contributed by atoms with Gasteiger partial charge in [-0.05, 0) is 71.5 Å². The molecular formula is C26H20F2INO6. The summed E-state index contributed by atoms with van der Waals surface area (Å²) in [7, 11) is 0. The van der Waals surface area contributed by atoms with E-state index in [4.69, 9.17) is 0 Å². The molecule has 1 heterocycles. The van der Waals surface area contributed by atoms with Gasteiger partial charge in [0.15, 0.2) is 11.5 Å². The van der Waals surface area contributed by atoms with Gasteiger partial charge in [-0.2, -0.15) is 0 Å². The summed E-state index contributed by atoms with van der Waals surface area (Å²) in [4.78, 5) is 25.1. The number of hydrogen-bond donors (Lipinski definition) is 3. The highest BCUT2D eigenvalue weighted by molar-refractivity contribution is 14.1. The zero-order valence-corrected chi connectivity index (χ0v) is 21.0. The highest BCUT2D eigenvalue weighted by atomic mass is 127. The Balaban J connectivity index is 1.44. The summed E-state index contributed by atoms with van der Waals surface area (Å²) in [5.74, 6) is -1.63. The Morgan fingerprint density at radius 2 is 1.81 bits per heavy atom. The van der Waals surface area contributed by atoms with Crippen molar-refractivity contribution in [3.05, 3.63) is 76.9 Å².